The van der Waals surface area contributed by atoms with E-state index in [1.165, 1.54) is 4.68 Å². The molecule has 1 heterocycles. The molecule has 7 heteroatoms. The molecular weight excluding hydrogens is 224 g/mol. The van der Waals surface area contributed by atoms with Crippen LogP contribution in [0.3, 0.4) is 0 Å². The summed E-state index contributed by atoms with van der Waals surface area (Å²) in [6.07, 6.45) is 0.839. The molecule has 0 fully saturated rings. The van der Waals surface area contributed by atoms with Crippen LogP contribution >= 0.6 is 0 Å². The first kappa shape index (κ1) is 13.6. The number of carboxylic acids is 1. The normalized spacial score (nSPS) is 11.7. The Labute approximate surface area is 99.8 Å². The largest absolute Gasteiger partial charge is 0.479 e. The van der Waals surface area contributed by atoms with Gasteiger partial charge in [-0.05, 0) is 30.2 Å². The first-order chi connectivity index (χ1) is 8.12. The predicted octanol–water partition coefficient (Wildman–Crippen LogP) is 0.809. The fourth-order valence-electron chi connectivity index (χ4n) is 1.76. The molecule has 17 heavy (non-hydrogen) atoms. The zero-order valence-electron chi connectivity index (χ0n) is 10.4. The average molecular weight is 242 g/mol. The van der Waals surface area contributed by atoms with Crippen LogP contribution in [0, 0.1) is 0 Å². The van der Waals surface area contributed by atoms with Crippen molar-refractivity contribution in [2.75, 3.05) is 6.61 Å². The average Bonchev–Trinajstić information content (AvgIpc) is 2.77. The zero-order chi connectivity index (χ0) is 12.9. The molecule has 1 N–H and O–H groups in total. The Bertz CT molecular complexity index is 373. The Hall–Kier alpha value is -1.50. The van der Waals surface area contributed by atoms with Gasteiger partial charge < -0.3 is 9.84 Å². The van der Waals surface area contributed by atoms with Crippen molar-refractivity contribution in [3.05, 3.63) is 5.82 Å². The number of ether oxygens (including phenoxy) is 1. The number of rotatable bonds is 7. The van der Waals surface area contributed by atoms with Gasteiger partial charge in [-0.25, -0.2) is 9.48 Å². The number of aromatic nitrogens is 4. The van der Waals surface area contributed by atoms with Crippen molar-refractivity contribution >= 4 is 5.97 Å². The van der Waals surface area contributed by atoms with Crippen molar-refractivity contribution in [2.24, 2.45) is 0 Å². The van der Waals surface area contributed by atoms with Crippen LogP contribution in [-0.4, -0.2) is 37.9 Å². The summed E-state index contributed by atoms with van der Waals surface area (Å²) in [7, 11) is 0. The Morgan fingerprint density at radius 2 is 2.06 bits per heavy atom. The van der Waals surface area contributed by atoms with Gasteiger partial charge in [0.05, 0.1) is 0 Å². The van der Waals surface area contributed by atoms with E-state index in [0.29, 0.717) is 25.3 Å². The van der Waals surface area contributed by atoms with E-state index < -0.39 is 11.5 Å². The van der Waals surface area contributed by atoms with E-state index in [1.807, 2.05) is 20.8 Å². The molecule has 0 saturated carbocycles. The van der Waals surface area contributed by atoms with Crippen LogP contribution < -0.4 is 0 Å². The van der Waals surface area contributed by atoms with Crippen LogP contribution in [0.4, 0.5) is 0 Å². The van der Waals surface area contributed by atoms with E-state index in [1.54, 1.807) is 0 Å². The lowest BCUT2D eigenvalue weighted by Crippen LogP contribution is -2.43. The number of hydrogen-bond acceptors (Lipinski definition) is 5. The molecule has 1 aromatic heterocycles. The number of carboxylic acid groups (broad SMARTS) is 1. The molecule has 0 saturated heterocycles. The number of hydrogen-bond donors (Lipinski definition) is 1. The van der Waals surface area contributed by atoms with Crippen molar-refractivity contribution in [1.29, 1.82) is 0 Å². The molecule has 0 radical (unpaired) electrons. The minimum atomic E-state index is -1.09. The van der Waals surface area contributed by atoms with E-state index in [2.05, 4.69) is 15.5 Å². The van der Waals surface area contributed by atoms with Crippen molar-refractivity contribution in [1.82, 2.24) is 20.2 Å². The molecular formula is C10H18N4O3. The fraction of sp³-hybridized carbons (Fsp3) is 0.800. The molecule has 96 valence electrons. The Balaban J connectivity index is 3.10. The van der Waals surface area contributed by atoms with E-state index in [4.69, 9.17) is 4.74 Å². The highest BCUT2D eigenvalue weighted by Crippen LogP contribution is 2.25. The summed E-state index contributed by atoms with van der Waals surface area (Å²) in [5.41, 5.74) is -1.09. The summed E-state index contributed by atoms with van der Waals surface area (Å²) >= 11 is 0. The molecule has 1 aromatic rings. The zero-order valence-corrected chi connectivity index (χ0v) is 10.4. The predicted molar refractivity (Wildman–Crippen MR) is 59.3 cm³/mol. The molecule has 0 aromatic carbocycles. The molecule has 0 bridgehead atoms. The van der Waals surface area contributed by atoms with E-state index in [-0.39, 0.29) is 6.61 Å². The second-order valence-electron chi connectivity index (χ2n) is 3.69. The van der Waals surface area contributed by atoms with Gasteiger partial charge in [0.25, 0.3) is 0 Å². The standard InChI is InChI=1S/C10H18N4O3/c1-4-10(5-2,9(15)16)14-8(7-17-6-3)11-12-13-14/h4-7H2,1-3H3,(H,15,16). The smallest absolute Gasteiger partial charge is 0.331 e. The maximum absolute atomic E-state index is 11.5. The molecule has 0 aliphatic rings. The first-order valence-electron chi connectivity index (χ1n) is 5.71. The Kier molecular flexibility index (Phi) is 4.56. The number of carbonyl (C=O) groups is 1. The quantitative estimate of drug-likeness (QED) is 0.761. The monoisotopic (exact) mass is 242 g/mol. The van der Waals surface area contributed by atoms with Crippen LogP contribution in [0.2, 0.25) is 0 Å². The highest BCUT2D eigenvalue weighted by Gasteiger charge is 2.40. The molecule has 0 spiro atoms. The fourth-order valence-corrected chi connectivity index (χ4v) is 1.76. The maximum atomic E-state index is 11.5. The van der Waals surface area contributed by atoms with E-state index >= 15 is 0 Å². The summed E-state index contributed by atoms with van der Waals surface area (Å²) in [5.74, 6) is -0.481. The van der Waals surface area contributed by atoms with Crippen LogP contribution in [-0.2, 0) is 21.7 Å². The van der Waals surface area contributed by atoms with Crippen LogP contribution in [0.25, 0.3) is 0 Å². The summed E-state index contributed by atoms with van der Waals surface area (Å²) in [6.45, 7) is 6.23. The first-order valence-corrected chi connectivity index (χ1v) is 5.71. The van der Waals surface area contributed by atoms with Gasteiger partial charge in [0.15, 0.2) is 11.4 Å². The van der Waals surface area contributed by atoms with Crippen LogP contribution in [0.15, 0.2) is 0 Å². The van der Waals surface area contributed by atoms with Crippen LogP contribution in [0.1, 0.15) is 39.4 Å². The van der Waals surface area contributed by atoms with Crippen LogP contribution in [0.5, 0.6) is 0 Å². The minimum Gasteiger partial charge on any atom is -0.479 e. The molecule has 0 aliphatic heterocycles. The second-order valence-corrected chi connectivity index (χ2v) is 3.69. The number of nitrogens with zero attached hydrogens (tertiary/aromatic N) is 4. The molecule has 0 unspecified atom stereocenters. The Morgan fingerprint density at radius 1 is 1.41 bits per heavy atom. The van der Waals surface area contributed by atoms with Crippen molar-refractivity contribution in [2.45, 2.75) is 45.8 Å². The van der Waals surface area contributed by atoms with Gasteiger partial charge in [-0.2, -0.15) is 0 Å². The summed E-state index contributed by atoms with van der Waals surface area (Å²) in [4.78, 5) is 11.5. The van der Waals surface area contributed by atoms with Gasteiger partial charge in [-0.1, -0.05) is 13.8 Å². The van der Waals surface area contributed by atoms with Gasteiger partial charge in [0, 0.05) is 6.61 Å². The lowest BCUT2D eigenvalue weighted by atomic mass is 9.93. The lowest BCUT2D eigenvalue weighted by Gasteiger charge is -2.27. The molecule has 1 rings (SSSR count). The summed E-state index contributed by atoms with van der Waals surface area (Å²) < 4.78 is 6.59. The number of tetrazole rings is 1. The van der Waals surface area contributed by atoms with Crippen molar-refractivity contribution in [3.8, 4) is 0 Å². The highest BCUT2D eigenvalue weighted by molar-refractivity contribution is 5.76. The molecule has 0 amide bonds. The third-order valence-corrected chi connectivity index (χ3v) is 2.94. The van der Waals surface area contributed by atoms with Crippen molar-refractivity contribution in [3.63, 3.8) is 0 Å². The maximum Gasteiger partial charge on any atom is 0.331 e. The van der Waals surface area contributed by atoms with Gasteiger partial charge in [-0.15, -0.1) is 5.10 Å². The highest BCUT2D eigenvalue weighted by atomic mass is 16.5. The van der Waals surface area contributed by atoms with Gasteiger partial charge in [-0.3, -0.25) is 0 Å². The molecule has 7 nitrogen and oxygen atoms in total. The van der Waals surface area contributed by atoms with E-state index in [9.17, 15) is 9.90 Å². The summed E-state index contributed by atoms with van der Waals surface area (Å²) in [5, 5.41) is 20.5. The minimum absolute atomic E-state index is 0.221. The van der Waals surface area contributed by atoms with Gasteiger partial charge in [0.1, 0.15) is 6.61 Å². The Morgan fingerprint density at radius 3 is 2.53 bits per heavy atom. The van der Waals surface area contributed by atoms with Crippen molar-refractivity contribution < 1.29 is 14.6 Å². The lowest BCUT2D eigenvalue weighted by molar-refractivity contribution is -0.149. The molecule has 0 atom stereocenters. The molecule has 0 aliphatic carbocycles. The topological polar surface area (TPSA) is 90.1 Å². The summed E-state index contributed by atoms with van der Waals surface area (Å²) in [6, 6.07) is 0. The second kappa shape index (κ2) is 5.72. The third kappa shape index (κ3) is 2.44. The van der Waals surface area contributed by atoms with Gasteiger partial charge >= 0.3 is 5.97 Å². The van der Waals surface area contributed by atoms with E-state index in [0.717, 1.165) is 0 Å². The number of aliphatic carboxylic acids is 1. The SMILES string of the molecule is CCOCc1nnnn1C(CC)(CC)C(=O)O. The third-order valence-electron chi connectivity index (χ3n) is 2.94. The van der Waals surface area contributed by atoms with Gasteiger partial charge in [0.2, 0.25) is 0 Å².